The number of amides is 2. The summed E-state index contributed by atoms with van der Waals surface area (Å²) >= 11 is 4.96. The molecule has 0 aliphatic heterocycles. The number of carbonyl (C=O) groups is 2. The standard InChI is InChI=1S/C20H23BrN2O2S/c1-3-23(4-2)20(25)17-7-5-6-8-18(17)22-19(24)14-26-13-15-9-11-16(21)12-10-15/h5-12H,3-4,13-14H2,1-2H3,(H,22,24). The van der Waals surface area contributed by atoms with E-state index in [1.165, 1.54) is 5.56 Å². The highest BCUT2D eigenvalue weighted by atomic mass is 79.9. The number of para-hydroxylation sites is 1. The summed E-state index contributed by atoms with van der Waals surface area (Å²) < 4.78 is 1.04. The van der Waals surface area contributed by atoms with Crippen molar-refractivity contribution in [2.24, 2.45) is 0 Å². The van der Waals surface area contributed by atoms with Crippen LogP contribution in [0.2, 0.25) is 0 Å². The largest absolute Gasteiger partial charge is 0.339 e. The van der Waals surface area contributed by atoms with Crippen molar-refractivity contribution in [2.45, 2.75) is 19.6 Å². The molecule has 2 aromatic rings. The molecule has 0 aliphatic carbocycles. The number of thioether (sulfide) groups is 1. The molecule has 0 fully saturated rings. The number of nitrogens with zero attached hydrogens (tertiary/aromatic N) is 1. The maximum atomic E-state index is 12.6. The summed E-state index contributed by atoms with van der Waals surface area (Å²) in [6, 6.07) is 15.2. The van der Waals surface area contributed by atoms with Crippen molar-refractivity contribution >= 4 is 45.2 Å². The molecule has 4 nitrogen and oxygen atoms in total. The second-order valence-electron chi connectivity index (χ2n) is 5.69. The summed E-state index contributed by atoms with van der Waals surface area (Å²) in [5, 5.41) is 2.88. The Morgan fingerprint density at radius 2 is 1.69 bits per heavy atom. The Labute approximate surface area is 167 Å². The first-order valence-electron chi connectivity index (χ1n) is 8.55. The minimum Gasteiger partial charge on any atom is -0.339 e. The summed E-state index contributed by atoms with van der Waals surface area (Å²) in [4.78, 5) is 26.6. The Balaban J connectivity index is 1.94. The maximum absolute atomic E-state index is 12.6. The van der Waals surface area contributed by atoms with E-state index in [1.807, 2.05) is 50.2 Å². The van der Waals surface area contributed by atoms with E-state index in [2.05, 4.69) is 21.2 Å². The van der Waals surface area contributed by atoms with Crippen LogP contribution >= 0.6 is 27.7 Å². The molecule has 2 rings (SSSR count). The van der Waals surface area contributed by atoms with E-state index >= 15 is 0 Å². The van der Waals surface area contributed by atoms with Crippen molar-refractivity contribution in [3.63, 3.8) is 0 Å². The van der Waals surface area contributed by atoms with Crippen LogP contribution in [0.3, 0.4) is 0 Å². The lowest BCUT2D eigenvalue weighted by Gasteiger charge is -2.20. The molecule has 0 heterocycles. The van der Waals surface area contributed by atoms with Crippen molar-refractivity contribution in [1.82, 2.24) is 4.90 Å². The topological polar surface area (TPSA) is 49.4 Å². The summed E-state index contributed by atoms with van der Waals surface area (Å²) in [6.07, 6.45) is 0. The number of hydrogen-bond donors (Lipinski definition) is 1. The summed E-state index contributed by atoms with van der Waals surface area (Å²) in [6.45, 7) is 5.17. The highest BCUT2D eigenvalue weighted by molar-refractivity contribution is 9.10. The van der Waals surface area contributed by atoms with Crippen LogP contribution < -0.4 is 5.32 Å². The van der Waals surface area contributed by atoms with Crippen LogP contribution in [0.15, 0.2) is 53.0 Å². The molecule has 0 aromatic heterocycles. The average molecular weight is 435 g/mol. The Morgan fingerprint density at radius 3 is 2.35 bits per heavy atom. The zero-order valence-corrected chi connectivity index (χ0v) is 17.4. The van der Waals surface area contributed by atoms with Gasteiger partial charge in [0.05, 0.1) is 17.0 Å². The van der Waals surface area contributed by atoms with Gasteiger partial charge in [0, 0.05) is 23.3 Å². The number of hydrogen-bond acceptors (Lipinski definition) is 3. The quantitative estimate of drug-likeness (QED) is 0.648. The van der Waals surface area contributed by atoms with Crippen LogP contribution in [-0.4, -0.2) is 35.6 Å². The van der Waals surface area contributed by atoms with Crippen LogP contribution in [0.1, 0.15) is 29.8 Å². The van der Waals surface area contributed by atoms with E-state index in [-0.39, 0.29) is 11.8 Å². The van der Waals surface area contributed by atoms with E-state index in [0.717, 1.165) is 10.2 Å². The third kappa shape index (κ3) is 5.88. The van der Waals surface area contributed by atoms with Gasteiger partial charge in [-0.15, -0.1) is 11.8 Å². The summed E-state index contributed by atoms with van der Waals surface area (Å²) in [5.41, 5.74) is 2.27. The van der Waals surface area contributed by atoms with Crippen LogP contribution in [0, 0.1) is 0 Å². The number of halogens is 1. The van der Waals surface area contributed by atoms with Gasteiger partial charge in [-0.3, -0.25) is 9.59 Å². The van der Waals surface area contributed by atoms with Gasteiger partial charge in [-0.2, -0.15) is 0 Å². The first kappa shape index (κ1) is 20.5. The third-order valence-electron chi connectivity index (χ3n) is 3.90. The van der Waals surface area contributed by atoms with Gasteiger partial charge in [0.1, 0.15) is 0 Å². The number of nitrogens with one attached hydrogen (secondary N) is 1. The maximum Gasteiger partial charge on any atom is 0.255 e. The lowest BCUT2D eigenvalue weighted by Crippen LogP contribution is -2.31. The van der Waals surface area contributed by atoms with Crippen molar-refractivity contribution in [3.8, 4) is 0 Å². The third-order valence-corrected chi connectivity index (χ3v) is 5.43. The van der Waals surface area contributed by atoms with Crippen LogP contribution in [0.5, 0.6) is 0 Å². The van der Waals surface area contributed by atoms with Crippen LogP contribution in [0.25, 0.3) is 0 Å². The van der Waals surface area contributed by atoms with E-state index in [9.17, 15) is 9.59 Å². The van der Waals surface area contributed by atoms with Gasteiger partial charge in [0.15, 0.2) is 0 Å². The molecule has 0 radical (unpaired) electrons. The lowest BCUT2D eigenvalue weighted by atomic mass is 10.1. The van der Waals surface area contributed by atoms with Gasteiger partial charge < -0.3 is 10.2 Å². The number of anilines is 1. The predicted molar refractivity (Wildman–Crippen MR) is 113 cm³/mol. The normalized spacial score (nSPS) is 10.4. The van der Waals surface area contributed by atoms with Crippen molar-refractivity contribution in [3.05, 3.63) is 64.1 Å². The van der Waals surface area contributed by atoms with Gasteiger partial charge in [-0.05, 0) is 43.7 Å². The molecule has 6 heteroatoms. The highest BCUT2D eigenvalue weighted by Crippen LogP contribution is 2.19. The minimum absolute atomic E-state index is 0.0617. The van der Waals surface area contributed by atoms with Crippen molar-refractivity contribution in [1.29, 1.82) is 0 Å². The second kappa shape index (κ2) is 10.4. The van der Waals surface area contributed by atoms with E-state index in [0.29, 0.717) is 30.1 Å². The molecule has 26 heavy (non-hydrogen) atoms. The van der Waals surface area contributed by atoms with Gasteiger partial charge >= 0.3 is 0 Å². The smallest absolute Gasteiger partial charge is 0.255 e. The first-order chi connectivity index (χ1) is 12.5. The number of benzene rings is 2. The molecule has 2 aromatic carbocycles. The van der Waals surface area contributed by atoms with E-state index < -0.39 is 0 Å². The Hall–Kier alpha value is -1.79. The zero-order chi connectivity index (χ0) is 18.9. The predicted octanol–water partition coefficient (Wildman–Crippen LogP) is 4.80. The van der Waals surface area contributed by atoms with Gasteiger partial charge in [-0.1, -0.05) is 40.2 Å². The summed E-state index contributed by atoms with van der Waals surface area (Å²) in [7, 11) is 0. The molecule has 0 saturated carbocycles. The van der Waals surface area contributed by atoms with Crippen molar-refractivity contribution < 1.29 is 9.59 Å². The molecular weight excluding hydrogens is 412 g/mol. The average Bonchev–Trinajstić information content (AvgIpc) is 2.64. The first-order valence-corrected chi connectivity index (χ1v) is 10.5. The Kier molecular flexibility index (Phi) is 8.19. The molecule has 0 bridgehead atoms. The van der Waals surface area contributed by atoms with Gasteiger partial charge in [-0.25, -0.2) is 0 Å². The van der Waals surface area contributed by atoms with Gasteiger partial charge in [0.2, 0.25) is 5.91 Å². The molecule has 0 atom stereocenters. The summed E-state index contributed by atoms with van der Waals surface area (Å²) in [5.74, 6) is 0.935. The molecule has 0 unspecified atom stereocenters. The fourth-order valence-electron chi connectivity index (χ4n) is 2.49. The molecular formula is C20H23BrN2O2S. The van der Waals surface area contributed by atoms with E-state index in [4.69, 9.17) is 0 Å². The molecule has 138 valence electrons. The Bertz CT molecular complexity index is 746. The fourth-order valence-corrected chi connectivity index (χ4v) is 3.54. The highest BCUT2D eigenvalue weighted by Gasteiger charge is 2.17. The zero-order valence-electron chi connectivity index (χ0n) is 15.0. The lowest BCUT2D eigenvalue weighted by molar-refractivity contribution is -0.113. The van der Waals surface area contributed by atoms with Crippen LogP contribution in [-0.2, 0) is 10.5 Å². The number of rotatable bonds is 8. The fraction of sp³-hybridized carbons (Fsp3) is 0.300. The molecule has 0 saturated heterocycles. The van der Waals surface area contributed by atoms with E-state index in [1.54, 1.807) is 28.8 Å². The minimum atomic E-state index is -0.105. The van der Waals surface area contributed by atoms with Crippen molar-refractivity contribution in [2.75, 3.05) is 24.2 Å². The molecule has 1 N–H and O–H groups in total. The van der Waals surface area contributed by atoms with Crippen LogP contribution in [0.4, 0.5) is 5.69 Å². The Morgan fingerprint density at radius 1 is 1.04 bits per heavy atom. The second-order valence-corrected chi connectivity index (χ2v) is 7.59. The molecule has 0 spiro atoms. The molecule has 2 amide bonds. The molecule has 0 aliphatic rings. The number of carbonyl (C=O) groups excluding carboxylic acids is 2. The SMILES string of the molecule is CCN(CC)C(=O)c1ccccc1NC(=O)CSCc1ccc(Br)cc1. The monoisotopic (exact) mass is 434 g/mol. The van der Waals surface area contributed by atoms with Gasteiger partial charge in [0.25, 0.3) is 5.91 Å².